The van der Waals surface area contributed by atoms with E-state index in [1.807, 2.05) is 0 Å². The molecule has 4 heteroatoms. The average molecular weight is 446 g/mol. The van der Waals surface area contributed by atoms with Crippen LogP contribution < -0.4 is 4.74 Å². The molecule has 1 aromatic carbocycles. The Balaban J connectivity index is 1.31. The Kier molecular flexibility index (Phi) is 10.5. The summed E-state index contributed by atoms with van der Waals surface area (Å²) in [6.45, 7) is 2.98. The fourth-order valence-corrected chi connectivity index (χ4v) is 5.84. The summed E-state index contributed by atoms with van der Waals surface area (Å²) in [7, 11) is 0. The van der Waals surface area contributed by atoms with E-state index < -0.39 is 5.82 Å². The summed E-state index contributed by atoms with van der Waals surface area (Å²) < 4.78 is 19.8. The molecule has 31 heavy (non-hydrogen) atoms. The highest BCUT2D eigenvalue weighted by Crippen LogP contribution is 2.42. The zero-order valence-electron chi connectivity index (χ0n) is 19.3. The van der Waals surface area contributed by atoms with Crippen molar-refractivity contribution in [1.82, 2.24) is 0 Å². The van der Waals surface area contributed by atoms with E-state index in [-0.39, 0.29) is 5.69 Å². The smallest absolute Gasteiger partial charge is 0.153 e. The van der Waals surface area contributed by atoms with Gasteiger partial charge < -0.3 is 4.74 Å². The number of unbranched alkanes of at least 4 members (excludes halogenated alkanes) is 4. The van der Waals surface area contributed by atoms with Crippen LogP contribution in [-0.4, -0.2) is 11.8 Å². The van der Waals surface area contributed by atoms with E-state index in [0.29, 0.717) is 18.3 Å². The topological polar surface area (TPSA) is 21.6 Å². The number of thiocarbonyl (C=S) groups is 1. The molecule has 0 spiro atoms. The monoisotopic (exact) mass is 445 g/mol. The predicted molar refractivity (Wildman–Crippen MR) is 131 cm³/mol. The van der Waals surface area contributed by atoms with Crippen LogP contribution >= 0.6 is 12.2 Å². The van der Waals surface area contributed by atoms with Gasteiger partial charge in [-0.05, 0) is 86.5 Å². The number of aliphatic imine (C=N–C) groups is 1. The van der Waals surface area contributed by atoms with Gasteiger partial charge in [0, 0.05) is 6.07 Å². The molecule has 0 unspecified atom stereocenters. The Morgan fingerprint density at radius 2 is 1.58 bits per heavy atom. The zero-order chi connectivity index (χ0) is 21.9. The summed E-state index contributed by atoms with van der Waals surface area (Å²) in [5, 5.41) is 2.20. The second-order valence-corrected chi connectivity index (χ2v) is 10.1. The largest absolute Gasteiger partial charge is 0.493 e. The van der Waals surface area contributed by atoms with E-state index in [4.69, 9.17) is 4.74 Å². The van der Waals surface area contributed by atoms with Gasteiger partial charge in [0.25, 0.3) is 0 Å². The lowest BCUT2D eigenvalue weighted by Gasteiger charge is -2.38. The molecule has 0 aliphatic heterocycles. The number of hydrogen-bond donors (Lipinski definition) is 0. The van der Waals surface area contributed by atoms with Gasteiger partial charge in [0.15, 0.2) is 5.82 Å². The van der Waals surface area contributed by atoms with Crippen LogP contribution in [0, 0.1) is 29.5 Å². The lowest BCUT2D eigenvalue weighted by atomic mass is 9.69. The van der Waals surface area contributed by atoms with Crippen molar-refractivity contribution in [3.05, 3.63) is 24.0 Å². The second kappa shape index (κ2) is 13.3. The maximum absolute atomic E-state index is 13.9. The lowest BCUT2D eigenvalue weighted by molar-refractivity contribution is 0.121. The molecule has 0 bridgehead atoms. The molecule has 2 saturated carbocycles. The van der Waals surface area contributed by atoms with Gasteiger partial charge in [-0.15, -0.1) is 0 Å². The van der Waals surface area contributed by atoms with Gasteiger partial charge in [0.05, 0.1) is 11.8 Å². The molecule has 2 nitrogen and oxygen atoms in total. The van der Waals surface area contributed by atoms with Gasteiger partial charge in [0.2, 0.25) is 0 Å². The molecule has 172 valence electrons. The summed E-state index contributed by atoms with van der Waals surface area (Å²) in [5.74, 6) is 3.65. The summed E-state index contributed by atoms with van der Waals surface area (Å²) in [4.78, 5) is 3.71. The third-order valence-electron chi connectivity index (χ3n) is 7.74. The molecule has 2 fully saturated rings. The van der Waals surface area contributed by atoms with Gasteiger partial charge >= 0.3 is 0 Å². The van der Waals surface area contributed by atoms with Crippen molar-refractivity contribution in [3.63, 3.8) is 0 Å². The molecule has 3 rings (SSSR count). The van der Waals surface area contributed by atoms with E-state index in [2.05, 4.69) is 29.3 Å². The first-order valence-electron chi connectivity index (χ1n) is 12.7. The molecule has 0 aromatic heterocycles. The Morgan fingerprint density at radius 1 is 0.935 bits per heavy atom. The molecule has 0 saturated heterocycles. The fraction of sp³-hybridized carbons (Fsp3) is 0.741. The van der Waals surface area contributed by atoms with E-state index in [1.165, 1.54) is 96.0 Å². The molecule has 0 heterocycles. The van der Waals surface area contributed by atoms with Crippen LogP contribution in [0.4, 0.5) is 10.1 Å². The predicted octanol–water partition coefficient (Wildman–Crippen LogP) is 8.91. The average Bonchev–Trinajstić information content (AvgIpc) is 2.80. The first-order chi connectivity index (χ1) is 15.2. The number of halogens is 1. The van der Waals surface area contributed by atoms with Crippen LogP contribution in [0.3, 0.4) is 0 Å². The van der Waals surface area contributed by atoms with Gasteiger partial charge in [-0.3, -0.25) is 0 Å². The van der Waals surface area contributed by atoms with Gasteiger partial charge in [-0.25, -0.2) is 4.39 Å². The number of benzene rings is 1. The Hall–Kier alpha value is -1.25. The zero-order valence-corrected chi connectivity index (χ0v) is 20.1. The van der Waals surface area contributed by atoms with Crippen molar-refractivity contribution in [2.45, 2.75) is 96.8 Å². The minimum Gasteiger partial charge on any atom is -0.493 e. The first kappa shape index (κ1) is 24.4. The Morgan fingerprint density at radius 3 is 2.19 bits per heavy atom. The highest BCUT2D eigenvalue weighted by molar-refractivity contribution is 7.78. The van der Waals surface area contributed by atoms with Gasteiger partial charge in [-0.2, -0.15) is 4.99 Å². The standard InChI is InChI=1S/C27H40FNOS/c1-2-3-4-5-6-7-21-8-12-23(13-9-21)24-14-10-22(11-15-24)19-30-25-16-17-27(29-20-31)26(28)18-25/h16-18,21-24H,2-15,19H2,1H3. The number of ether oxygens (including phenoxy) is 1. The number of isothiocyanates is 1. The van der Waals surface area contributed by atoms with E-state index in [1.54, 1.807) is 12.1 Å². The van der Waals surface area contributed by atoms with E-state index >= 15 is 0 Å². The molecule has 1 aromatic rings. The highest BCUT2D eigenvalue weighted by Gasteiger charge is 2.30. The van der Waals surface area contributed by atoms with Crippen molar-refractivity contribution in [3.8, 4) is 5.75 Å². The van der Waals surface area contributed by atoms with Crippen molar-refractivity contribution in [1.29, 1.82) is 0 Å². The third kappa shape index (κ3) is 7.99. The molecule has 0 amide bonds. The normalized spacial score (nSPS) is 26.3. The highest BCUT2D eigenvalue weighted by atomic mass is 32.1. The second-order valence-electron chi connectivity index (χ2n) is 9.89. The fourth-order valence-electron chi connectivity index (χ4n) is 5.74. The number of nitrogens with zero attached hydrogens (tertiary/aromatic N) is 1. The first-order valence-corrected chi connectivity index (χ1v) is 13.1. The molecule has 0 N–H and O–H groups in total. The van der Waals surface area contributed by atoms with Crippen LogP contribution in [0.1, 0.15) is 96.8 Å². The van der Waals surface area contributed by atoms with E-state index in [9.17, 15) is 4.39 Å². The van der Waals surface area contributed by atoms with Crippen molar-refractivity contribution >= 4 is 23.1 Å². The quantitative estimate of drug-likeness (QED) is 0.193. The lowest BCUT2D eigenvalue weighted by Crippen LogP contribution is -2.27. The van der Waals surface area contributed by atoms with Crippen molar-refractivity contribution in [2.24, 2.45) is 28.7 Å². The Labute approximate surface area is 194 Å². The molecular weight excluding hydrogens is 405 g/mol. The molecule has 0 atom stereocenters. The number of rotatable bonds is 11. The van der Waals surface area contributed by atoms with Crippen LogP contribution in [0.2, 0.25) is 0 Å². The summed E-state index contributed by atoms with van der Waals surface area (Å²) in [6.07, 6.45) is 19.6. The minimum absolute atomic E-state index is 0.217. The summed E-state index contributed by atoms with van der Waals surface area (Å²) in [6, 6.07) is 4.77. The maximum atomic E-state index is 13.9. The maximum Gasteiger partial charge on any atom is 0.153 e. The minimum atomic E-state index is -0.407. The van der Waals surface area contributed by atoms with Crippen LogP contribution in [0.5, 0.6) is 5.75 Å². The molecule has 2 aliphatic rings. The third-order valence-corrected chi connectivity index (χ3v) is 7.83. The molecular formula is C27H40FNOS. The summed E-state index contributed by atoms with van der Waals surface area (Å²) >= 11 is 4.54. The van der Waals surface area contributed by atoms with Crippen LogP contribution in [0.25, 0.3) is 0 Å². The molecule has 0 radical (unpaired) electrons. The number of hydrogen-bond acceptors (Lipinski definition) is 3. The van der Waals surface area contributed by atoms with Gasteiger partial charge in [-0.1, -0.05) is 58.3 Å². The Bertz CT molecular complexity index is 701. The molecule has 2 aliphatic carbocycles. The van der Waals surface area contributed by atoms with Crippen LogP contribution in [-0.2, 0) is 0 Å². The van der Waals surface area contributed by atoms with Crippen molar-refractivity contribution in [2.75, 3.05) is 6.61 Å². The van der Waals surface area contributed by atoms with Crippen LogP contribution in [0.15, 0.2) is 23.2 Å². The SMILES string of the molecule is CCCCCCCC1CCC(C2CCC(COc3ccc(N=C=S)c(F)c3)CC2)CC1. The van der Waals surface area contributed by atoms with Gasteiger partial charge in [0.1, 0.15) is 11.4 Å². The van der Waals surface area contributed by atoms with Crippen molar-refractivity contribution < 1.29 is 9.13 Å². The summed E-state index contributed by atoms with van der Waals surface area (Å²) in [5.41, 5.74) is 0.217. The van der Waals surface area contributed by atoms with E-state index in [0.717, 1.165) is 17.8 Å².